The van der Waals surface area contributed by atoms with E-state index in [9.17, 15) is 29.4 Å². The second kappa shape index (κ2) is 10.1. The second-order valence-electron chi connectivity index (χ2n) is 6.02. The van der Waals surface area contributed by atoms with E-state index < -0.39 is 54.9 Å². The number of carboxylic acids is 3. The zero-order valence-electron chi connectivity index (χ0n) is 14.7. The van der Waals surface area contributed by atoms with Crippen LogP contribution in [0.5, 0.6) is 11.5 Å². The number of hydrogen-bond acceptors (Lipinski definition) is 8. The molecule has 1 aromatic rings. The number of phenolic OH excluding ortho intramolecular Hbond substituents is 2. The molecule has 0 bridgehead atoms. The van der Waals surface area contributed by atoms with Crippen LogP contribution in [-0.4, -0.2) is 85.3 Å². The van der Waals surface area contributed by atoms with E-state index >= 15 is 0 Å². The van der Waals surface area contributed by atoms with Crippen LogP contribution in [0.25, 0.3) is 0 Å². The molecule has 0 saturated heterocycles. The lowest BCUT2D eigenvalue weighted by atomic mass is 10.1. The van der Waals surface area contributed by atoms with Gasteiger partial charge >= 0.3 is 17.9 Å². The summed E-state index contributed by atoms with van der Waals surface area (Å²) >= 11 is 0. The molecule has 12 heteroatoms. The van der Waals surface area contributed by atoms with Crippen molar-refractivity contribution in [1.82, 2.24) is 9.80 Å². The predicted molar refractivity (Wildman–Crippen MR) is 92.4 cm³/mol. The van der Waals surface area contributed by atoms with Crippen LogP contribution in [0.4, 0.5) is 0 Å². The van der Waals surface area contributed by atoms with Gasteiger partial charge in [-0.2, -0.15) is 0 Å². The molecular formula is C16H21N3O9. The Labute approximate surface area is 159 Å². The van der Waals surface area contributed by atoms with Gasteiger partial charge in [0.1, 0.15) is 0 Å². The zero-order valence-corrected chi connectivity index (χ0v) is 14.7. The minimum Gasteiger partial charge on any atom is -0.504 e. The molecule has 0 saturated carbocycles. The number of primary amides is 1. The fourth-order valence-electron chi connectivity index (χ4n) is 2.53. The van der Waals surface area contributed by atoms with Crippen molar-refractivity contribution in [3.05, 3.63) is 23.3 Å². The van der Waals surface area contributed by atoms with Gasteiger partial charge < -0.3 is 31.3 Å². The first-order chi connectivity index (χ1) is 13.0. The van der Waals surface area contributed by atoms with Crippen molar-refractivity contribution in [2.24, 2.45) is 5.73 Å². The molecule has 0 atom stereocenters. The lowest BCUT2D eigenvalue weighted by Crippen LogP contribution is -2.37. The Morgan fingerprint density at radius 2 is 1.04 bits per heavy atom. The quantitative estimate of drug-likeness (QED) is 0.222. The van der Waals surface area contributed by atoms with Gasteiger partial charge in [-0.1, -0.05) is 12.1 Å². The van der Waals surface area contributed by atoms with E-state index in [1.54, 1.807) is 0 Å². The molecule has 7 N–H and O–H groups in total. The van der Waals surface area contributed by atoms with Crippen molar-refractivity contribution in [2.75, 3.05) is 26.2 Å². The van der Waals surface area contributed by atoms with Gasteiger partial charge in [-0.15, -0.1) is 0 Å². The summed E-state index contributed by atoms with van der Waals surface area (Å²) in [6.07, 6.45) is 0. The molecule has 0 spiro atoms. The smallest absolute Gasteiger partial charge is 0.317 e. The first kappa shape index (κ1) is 22.7. The molecule has 1 amide bonds. The number of aliphatic carboxylic acids is 3. The molecule has 0 aliphatic rings. The third kappa shape index (κ3) is 7.47. The van der Waals surface area contributed by atoms with Gasteiger partial charge in [-0.3, -0.25) is 29.0 Å². The lowest BCUT2D eigenvalue weighted by molar-refractivity contribution is -0.142. The number of benzene rings is 1. The van der Waals surface area contributed by atoms with Gasteiger partial charge in [0.2, 0.25) is 5.91 Å². The highest BCUT2D eigenvalue weighted by molar-refractivity contribution is 5.77. The Balaban J connectivity index is 3.04. The van der Waals surface area contributed by atoms with Crippen molar-refractivity contribution in [2.45, 2.75) is 13.1 Å². The Bertz CT molecular complexity index is 671. The van der Waals surface area contributed by atoms with Crippen molar-refractivity contribution < 1.29 is 44.7 Å². The molecule has 1 aromatic carbocycles. The van der Waals surface area contributed by atoms with Crippen LogP contribution in [0.3, 0.4) is 0 Å². The number of amides is 1. The number of nitrogens with two attached hydrogens (primary N) is 1. The maximum Gasteiger partial charge on any atom is 0.317 e. The number of phenols is 2. The number of nitrogens with zero attached hydrogens (tertiary/aromatic N) is 2. The van der Waals surface area contributed by atoms with Crippen LogP contribution in [0.1, 0.15) is 11.1 Å². The summed E-state index contributed by atoms with van der Waals surface area (Å²) in [5, 5.41) is 46.9. The monoisotopic (exact) mass is 399 g/mol. The Morgan fingerprint density at radius 3 is 1.32 bits per heavy atom. The van der Waals surface area contributed by atoms with Gasteiger partial charge in [0.15, 0.2) is 11.5 Å². The van der Waals surface area contributed by atoms with E-state index in [4.69, 9.17) is 21.1 Å². The highest BCUT2D eigenvalue weighted by Gasteiger charge is 2.20. The molecule has 0 heterocycles. The normalized spacial score (nSPS) is 10.9. The maximum absolute atomic E-state index is 11.1. The van der Waals surface area contributed by atoms with Crippen LogP contribution in [0, 0.1) is 0 Å². The maximum atomic E-state index is 11.1. The average molecular weight is 399 g/mol. The van der Waals surface area contributed by atoms with Crippen molar-refractivity contribution in [1.29, 1.82) is 0 Å². The first-order valence-corrected chi connectivity index (χ1v) is 7.90. The number of rotatable bonds is 12. The molecule has 0 fully saturated rings. The lowest BCUT2D eigenvalue weighted by Gasteiger charge is -2.22. The molecule has 154 valence electrons. The summed E-state index contributed by atoms with van der Waals surface area (Å²) in [5.41, 5.74) is 5.24. The molecular weight excluding hydrogens is 378 g/mol. The van der Waals surface area contributed by atoms with Crippen LogP contribution >= 0.6 is 0 Å². The summed E-state index contributed by atoms with van der Waals surface area (Å²) in [4.78, 5) is 45.8. The summed E-state index contributed by atoms with van der Waals surface area (Å²) in [6, 6.07) is 2.68. The summed E-state index contributed by atoms with van der Waals surface area (Å²) < 4.78 is 0. The fraction of sp³-hybridized carbons (Fsp3) is 0.375. The number of carbonyl (C=O) groups is 4. The van der Waals surface area contributed by atoms with E-state index in [1.165, 1.54) is 12.1 Å². The van der Waals surface area contributed by atoms with E-state index in [1.807, 2.05) is 0 Å². The molecule has 12 nitrogen and oxygen atoms in total. The Morgan fingerprint density at radius 1 is 0.714 bits per heavy atom. The van der Waals surface area contributed by atoms with Gasteiger partial charge in [0.05, 0.1) is 26.2 Å². The summed E-state index contributed by atoms with van der Waals surface area (Å²) in [7, 11) is 0. The van der Waals surface area contributed by atoms with E-state index in [2.05, 4.69) is 0 Å². The standard InChI is InChI=1S/C16H21N3O9/c17-11(20)5-18(6-12(21)22)3-9-1-2-10(16(28)15(9)27)4-19(7-13(23)24)8-14(25)26/h1-2,27-28H,3-8H2,(H2,17,20)(H,21,22)(H,23,24)(H,25,26). The van der Waals surface area contributed by atoms with Crippen molar-refractivity contribution >= 4 is 23.8 Å². The highest BCUT2D eigenvalue weighted by Crippen LogP contribution is 2.34. The fourth-order valence-corrected chi connectivity index (χ4v) is 2.53. The molecule has 28 heavy (non-hydrogen) atoms. The Kier molecular flexibility index (Phi) is 8.16. The van der Waals surface area contributed by atoms with Crippen LogP contribution in [-0.2, 0) is 32.3 Å². The predicted octanol–water partition coefficient (Wildman–Crippen LogP) is -1.56. The minimum absolute atomic E-state index is 0.0726. The molecule has 0 aliphatic heterocycles. The molecule has 0 aromatic heterocycles. The third-order valence-electron chi connectivity index (χ3n) is 3.56. The molecule has 0 aliphatic carbocycles. The van der Waals surface area contributed by atoms with Gasteiger partial charge in [-0.25, -0.2) is 0 Å². The van der Waals surface area contributed by atoms with Crippen LogP contribution < -0.4 is 5.73 Å². The number of aromatic hydroxyl groups is 2. The summed E-state index contributed by atoms with van der Waals surface area (Å²) in [6.45, 7) is -2.59. The van der Waals surface area contributed by atoms with Crippen LogP contribution in [0.15, 0.2) is 12.1 Å². The number of hydrogen-bond donors (Lipinski definition) is 6. The Hall–Kier alpha value is -3.38. The zero-order chi connectivity index (χ0) is 21.4. The SMILES string of the molecule is NC(=O)CN(CC(=O)O)Cc1ccc(CN(CC(=O)O)CC(=O)O)c(O)c1O. The van der Waals surface area contributed by atoms with Gasteiger partial charge in [0, 0.05) is 24.2 Å². The van der Waals surface area contributed by atoms with Gasteiger partial charge in [-0.05, 0) is 0 Å². The first-order valence-electron chi connectivity index (χ1n) is 7.90. The second-order valence-corrected chi connectivity index (χ2v) is 6.02. The minimum atomic E-state index is -1.27. The largest absolute Gasteiger partial charge is 0.504 e. The topological polar surface area (TPSA) is 202 Å². The number of carbonyl (C=O) groups excluding carboxylic acids is 1. The van der Waals surface area contributed by atoms with Crippen molar-refractivity contribution in [3.63, 3.8) is 0 Å². The molecule has 0 radical (unpaired) electrons. The van der Waals surface area contributed by atoms with Crippen molar-refractivity contribution in [3.8, 4) is 11.5 Å². The van der Waals surface area contributed by atoms with Crippen LogP contribution in [0.2, 0.25) is 0 Å². The van der Waals surface area contributed by atoms with E-state index in [0.717, 1.165) is 9.80 Å². The van der Waals surface area contributed by atoms with Gasteiger partial charge in [0.25, 0.3) is 0 Å². The summed E-state index contributed by atoms with van der Waals surface area (Å²) in [5.74, 6) is -5.73. The van der Waals surface area contributed by atoms with E-state index in [-0.39, 0.29) is 30.8 Å². The molecule has 0 unspecified atom stereocenters. The third-order valence-corrected chi connectivity index (χ3v) is 3.56. The average Bonchev–Trinajstić information content (AvgIpc) is 2.52. The molecule has 1 rings (SSSR count). The van der Waals surface area contributed by atoms with E-state index in [0.29, 0.717) is 0 Å². The number of carboxylic acid groups (broad SMARTS) is 3. The highest BCUT2D eigenvalue weighted by atomic mass is 16.4.